The second kappa shape index (κ2) is 8.09. The highest BCUT2D eigenvalue weighted by Crippen LogP contribution is 2.32. The average molecular weight is 415 g/mol. The Bertz CT molecular complexity index is 907. The van der Waals surface area contributed by atoms with Crippen LogP contribution in [-0.4, -0.2) is 18.0 Å². The summed E-state index contributed by atoms with van der Waals surface area (Å²) in [6, 6.07) is 15.4. The van der Waals surface area contributed by atoms with Crippen molar-refractivity contribution in [2.75, 3.05) is 12.4 Å². The molecule has 0 aliphatic rings. The number of halogens is 1. The molecule has 3 aromatic rings. The van der Waals surface area contributed by atoms with Gasteiger partial charge in [-0.05, 0) is 45.8 Å². The monoisotopic (exact) mass is 414 g/mol. The number of aromatic nitrogens is 1. The van der Waals surface area contributed by atoms with Crippen LogP contribution in [0.3, 0.4) is 0 Å². The van der Waals surface area contributed by atoms with Gasteiger partial charge in [0, 0.05) is 17.0 Å². The molecule has 4 nitrogen and oxygen atoms in total. The van der Waals surface area contributed by atoms with E-state index in [4.69, 9.17) is 4.74 Å². The van der Waals surface area contributed by atoms with E-state index >= 15 is 0 Å². The lowest BCUT2D eigenvalue weighted by molar-refractivity contribution is -0.111. The molecule has 0 aliphatic heterocycles. The van der Waals surface area contributed by atoms with E-state index in [0.29, 0.717) is 5.13 Å². The minimum atomic E-state index is -0.208. The molecule has 1 heterocycles. The van der Waals surface area contributed by atoms with Crippen LogP contribution in [0.5, 0.6) is 5.75 Å². The van der Waals surface area contributed by atoms with Crippen molar-refractivity contribution in [2.45, 2.75) is 0 Å². The molecular weight excluding hydrogens is 400 g/mol. The quantitative estimate of drug-likeness (QED) is 0.581. The predicted molar refractivity (Wildman–Crippen MR) is 106 cm³/mol. The standard InChI is InChI=1S/C19H15BrN2O2S/c1-24-17-9-8-14(11-15(17)20)16-12-25-19(21-16)22-18(23)10-7-13-5-3-2-4-6-13/h2-12H,1H3,(H,21,22,23)/b10-7+. The van der Waals surface area contributed by atoms with Gasteiger partial charge in [0.05, 0.1) is 17.3 Å². The number of nitrogens with one attached hydrogen (secondary N) is 1. The zero-order chi connectivity index (χ0) is 17.6. The largest absolute Gasteiger partial charge is 0.496 e. The molecule has 0 saturated carbocycles. The van der Waals surface area contributed by atoms with E-state index in [0.717, 1.165) is 27.0 Å². The molecule has 0 unspecified atom stereocenters. The number of amides is 1. The molecule has 25 heavy (non-hydrogen) atoms. The Hall–Kier alpha value is -2.44. The number of carbonyl (C=O) groups excluding carboxylic acids is 1. The number of carbonyl (C=O) groups is 1. The molecule has 0 atom stereocenters. The van der Waals surface area contributed by atoms with Crippen LogP contribution < -0.4 is 10.1 Å². The molecule has 126 valence electrons. The van der Waals surface area contributed by atoms with Crippen LogP contribution in [0.4, 0.5) is 5.13 Å². The van der Waals surface area contributed by atoms with Crippen molar-refractivity contribution in [3.8, 4) is 17.0 Å². The van der Waals surface area contributed by atoms with Crippen molar-refractivity contribution in [1.82, 2.24) is 4.98 Å². The molecule has 0 saturated heterocycles. The van der Waals surface area contributed by atoms with E-state index in [1.54, 1.807) is 13.2 Å². The Balaban J connectivity index is 1.68. The van der Waals surface area contributed by atoms with Gasteiger partial charge in [-0.1, -0.05) is 30.3 Å². The van der Waals surface area contributed by atoms with Crippen LogP contribution in [0.1, 0.15) is 5.56 Å². The first-order chi connectivity index (χ1) is 12.2. The van der Waals surface area contributed by atoms with Gasteiger partial charge >= 0.3 is 0 Å². The summed E-state index contributed by atoms with van der Waals surface area (Å²) in [7, 11) is 1.62. The number of methoxy groups -OCH3 is 1. The lowest BCUT2D eigenvalue weighted by Crippen LogP contribution is -2.07. The Labute approximate surface area is 158 Å². The summed E-state index contributed by atoms with van der Waals surface area (Å²) in [5.41, 5.74) is 2.72. The van der Waals surface area contributed by atoms with Gasteiger partial charge in [-0.25, -0.2) is 4.98 Å². The highest BCUT2D eigenvalue weighted by atomic mass is 79.9. The molecular formula is C19H15BrN2O2S. The fourth-order valence-corrected chi connectivity index (χ4v) is 3.44. The number of rotatable bonds is 5. The Morgan fingerprint density at radius 3 is 2.76 bits per heavy atom. The van der Waals surface area contributed by atoms with Gasteiger partial charge in [0.2, 0.25) is 5.91 Å². The van der Waals surface area contributed by atoms with Crippen molar-refractivity contribution < 1.29 is 9.53 Å². The number of hydrogen-bond donors (Lipinski definition) is 1. The fourth-order valence-electron chi connectivity index (χ4n) is 2.17. The SMILES string of the molecule is COc1ccc(-c2csc(NC(=O)/C=C/c3ccccc3)n2)cc1Br. The van der Waals surface area contributed by atoms with Gasteiger partial charge in [0.1, 0.15) is 5.75 Å². The van der Waals surface area contributed by atoms with E-state index in [9.17, 15) is 4.79 Å². The maximum atomic E-state index is 12.0. The van der Waals surface area contributed by atoms with Crippen LogP contribution >= 0.6 is 27.3 Å². The van der Waals surface area contributed by atoms with Gasteiger partial charge in [-0.2, -0.15) is 0 Å². The first-order valence-electron chi connectivity index (χ1n) is 7.49. The molecule has 1 N–H and O–H groups in total. The summed E-state index contributed by atoms with van der Waals surface area (Å²) in [5, 5.41) is 5.25. The van der Waals surface area contributed by atoms with Gasteiger partial charge in [0.15, 0.2) is 5.13 Å². The van der Waals surface area contributed by atoms with Crippen LogP contribution in [0, 0.1) is 0 Å². The number of hydrogen-bond acceptors (Lipinski definition) is 4. The minimum Gasteiger partial charge on any atom is -0.496 e. The lowest BCUT2D eigenvalue weighted by Gasteiger charge is -2.04. The maximum absolute atomic E-state index is 12.0. The van der Waals surface area contributed by atoms with Gasteiger partial charge < -0.3 is 4.74 Å². The van der Waals surface area contributed by atoms with E-state index in [2.05, 4.69) is 26.2 Å². The topological polar surface area (TPSA) is 51.2 Å². The summed E-state index contributed by atoms with van der Waals surface area (Å²) in [5.74, 6) is 0.555. The van der Waals surface area contributed by atoms with Crippen LogP contribution in [-0.2, 0) is 4.79 Å². The summed E-state index contributed by atoms with van der Waals surface area (Å²) >= 11 is 4.85. The molecule has 2 aromatic carbocycles. The van der Waals surface area contributed by atoms with Gasteiger partial charge in [0.25, 0.3) is 0 Å². The molecule has 0 aliphatic carbocycles. The Morgan fingerprint density at radius 1 is 1.24 bits per heavy atom. The second-order valence-corrected chi connectivity index (χ2v) is 6.83. The third-order valence-electron chi connectivity index (χ3n) is 3.41. The predicted octanol–water partition coefficient (Wildman–Crippen LogP) is 5.23. The molecule has 6 heteroatoms. The third-order valence-corrected chi connectivity index (χ3v) is 4.79. The van der Waals surface area contributed by atoms with Crippen molar-refractivity contribution in [3.63, 3.8) is 0 Å². The van der Waals surface area contributed by atoms with Crippen molar-refractivity contribution in [1.29, 1.82) is 0 Å². The average Bonchev–Trinajstić information content (AvgIpc) is 3.09. The number of nitrogens with zero attached hydrogens (tertiary/aromatic N) is 1. The lowest BCUT2D eigenvalue weighted by atomic mass is 10.2. The number of benzene rings is 2. The van der Waals surface area contributed by atoms with Crippen molar-refractivity contribution >= 4 is 44.4 Å². The van der Waals surface area contributed by atoms with E-state index < -0.39 is 0 Å². The summed E-state index contributed by atoms with van der Waals surface area (Å²) in [6.45, 7) is 0. The van der Waals surface area contributed by atoms with Crippen molar-refractivity contribution in [2.24, 2.45) is 0 Å². The zero-order valence-corrected chi connectivity index (χ0v) is 15.8. The number of thiazole rings is 1. The first-order valence-corrected chi connectivity index (χ1v) is 9.16. The second-order valence-electron chi connectivity index (χ2n) is 5.12. The summed E-state index contributed by atoms with van der Waals surface area (Å²) in [4.78, 5) is 16.5. The van der Waals surface area contributed by atoms with Crippen molar-refractivity contribution in [3.05, 3.63) is 70.0 Å². The van der Waals surface area contributed by atoms with Crippen LogP contribution in [0.15, 0.2) is 64.5 Å². The highest BCUT2D eigenvalue weighted by molar-refractivity contribution is 9.10. The van der Waals surface area contributed by atoms with E-state index in [1.165, 1.54) is 17.4 Å². The Morgan fingerprint density at radius 2 is 2.04 bits per heavy atom. The summed E-state index contributed by atoms with van der Waals surface area (Å²) < 4.78 is 6.09. The maximum Gasteiger partial charge on any atom is 0.250 e. The molecule has 1 aromatic heterocycles. The highest BCUT2D eigenvalue weighted by Gasteiger charge is 2.08. The zero-order valence-electron chi connectivity index (χ0n) is 13.4. The fraction of sp³-hybridized carbons (Fsp3) is 0.0526. The van der Waals surface area contributed by atoms with Crippen LogP contribution in [0.2, 0.25) is 0 Å². The molecule has 0 radical (unpaired) electrons. The Kier molecular flexibility index (Phi) is 5.63. The number of ether oxygens (including phenoxy) is 1. The molecule has 0 fully saturated rings. The third kappa shape index (κ3) is 4.55. The van der Waals surface area contributed by atoms with Gasteiger partial charge in [-0.15, -0.1) is 11.3 Å². The van der Waals surface area contributed by atoms with E-state index in [1.807, 2.05) is 53.9 Å². The van der Waals surface area contributed by atoms with E-state index in [-0.39, 0.29) is 5.91 Å². The normalized spacial score (nSPS) is 10.8. The number of anilines is 1. The summed E-state index contributed by atoms with van der Waals surface area (Å²) in [6.07, 6.45) is 3.27. The molecule has 3 rings (SSSR count). The van der Waals surface area contributed by atoms with Gasteiger partial charge in [-0.3, -0.25) is 10.1 Å². The molecule has 0 spiro atoms. The minimum absolute atomic E-state index is 0.208. The smallest absolute Gasteiger partial charge is 0.250 e. The van der Waals surface area contributed by atoms with Crippen LogP contribution in [0.25, 0.3) is 17.3 Å². The first kappa shape index (κ1) is 17.4. The molecule has 0 bridgehead atoms. The molecule has 1 amide bonds.